The van der Waals surface area contributed by atoms with Crippen molar-refractivity contribution in [3.05, 3.63) is 23.8 Å². The van der Waals surface area contributed by atoms with Crippen LogP contribution in [0.2, 0.25) is 0 Å². The lowest BCUT2D eigenvalue weighted by atomic mass is 10.1. The van der Waals surface area contributed by atoms with Crippen molar-refractivity contribution < 1.29 is 13.2 Å². The number of benzene rings is 1. The summed E-state index contributed by atoms with van der Waals surface area (Å²) in [5.41, 5.74) is 4.81. The molecule has 6 heteroatoms. The Kier molecular flexibility index (Phi) is 3.65. The van der Waals surface area contributed by atoms with E-state index < -0.39 is 11.7 Å². The van der Waals surface area contributed by atoms with Gasteiger partial charge in [-0.3, -0.25) is 0 Å². The normalized spacial score (nSPS) is 17.7. The summed E-state index contributed by atoms with van der Waals surface area (Å²) in [7, 11) is 0. The number of piperidine rings is 1. The zero-order chi connectivity index (χ0) is 13.2. The summed E-state index contributed by atoms with van der Waals surface area (Å²) in [6.07, 6.45) is -2.59. The molecule has 0 atom stereocenters. The molecule has 1 aromatic rings. The minimum absolute atomic E-state index is 0.218. The molecule has 3 nitrogen and oxygen atoms in total. The van der Waals surface area contributed by atoms with Gasteiger partial charge in [-0.1, -0.05) is 0 Å². The number of halogens is 3. The predicted molar refractivity (Wildman–Crippen MR) is 65.4 cm³/mol. The maximum absolute atomic E-state index is 12.7. The summed E-state index contributed by atoms with van der Waals surface area (Å²) >= 11 is 0. The molecule has 0 aliphatic carbocycles. The smallest absolute Gasteiger partial charge is 0.398 e. The average Bonchev–Trinajstić information content (AvgIpc) is 2.31. The molecule has 0 aromatic heterocycles. The molecule has 1 aromatic carbocycles. The van der Waals surface area contributed by atoms with Crippen molar-refractivity contribution in [3.63, 3.8) is 0 Å². The molecule has 0 spiro atoms. The molecule has 0 radical (unpaired) electrons. The third-order valence-electron chi connectivity index (χ3n) is 3.07. The molecule has 1 aliphatic rings. The molecule has 0 amide bonds. The van der Waals surface area contributed by atoms with E-state index in [0.717, 1.165) is 32.0 Å². The molecule has 1 aliphatic heterocycles. The first kappa shape index (κ1) is 13.0. The van der Waals surface area contributed by atoms with E-state index in [4.69, 9.17) is 5.73 Å². The number of hydrogen-bond acceptors (Lipinski definition) is 3. The number of alkyl halides is 3. The summed E-state index contributed by atoms with van der Waals surface area (Å²) < 4.78 is 38.1. The van der Waals surface area contributed by atoms with Crippen LogP contribution in [0.5, 0.6) is 0 Å². The van der Waals surface area contributed by atoms with Gasteiger partial charge in [-0.15, -0.1) is 0 Å². The third kappa shape index (κ3) is 3.07. The van der Waals surface area contributed by atoms with Gasteiger partial charge in [0, 0.05) is 17.4 Å². The molecule has 1 saturated heterocycles. The van der Waals surface area contributed by atoms with Gasteiger partial charge in [0.15, 0.2) is 0 Å². The lowest BCUT2D eigenvalue weighted by Gasteiger charge is -2.25. The number of anilines is 2. The predicted octanol–water partition coefficient (Wildman–Crippen LogP) is 2.45. The zero-order valence-electron chi connectivity index (χ0n) is 9.85. The second kappa shape index (κ2) is 5.06. The molecular formula is C12H16F3N3. The van der Waals surface area contributed by atoms with Crippen molar-refractivity contribution in [3.8, 4) is 0 Å². The van der Waals surface area contributed by atoms with Gasteiger partial charge in [0.25, 0.3) is 0 Å². The van der Waals surface area contributed by atoms with E-state index in [-0.39, 0.29) is 11.7 Å². The highest BCUT2D eigenvalue weighted by Gasteiger charge is 2.33. The van der Waals surface area contributed by atoms with Gasteiger partial charge in [-0.05, 0) is 44.1 Å². The maximum atomic E-state index is 12.7. The summed E-state index contributed by atoms with van der Waals surface area (Å²) in [6, 6.07) is 4.19. The first-order chi connectivity index (χ1) is 8.47. The van der Waals surface area contributed by atoms with E-state index in [1.165, 1.54) is 6.07 Å². The Hall–Kier alpha value is -1.43. The summed E-state index contributed by atoms with van der Waals surface area (Å²) in [6.45, 7) is 1.78. The number of rotatable bonds is 2. The molecule has 4 N–H and O–H groups in total. The minimum Gasteiger partial charge on any atom is -0.398 e. The number of hydrogen-bond donors (Lipinski definition) is 3. The molecule has 2 rings (SSSR count). The molecule has 1 heterocycles. The van der Waals surface area contributed by atoms with Crippen molar-refractivity contribution in [2.75, 3.05) is 24.1 Å². The maximum Gasteiger partial charge on any atom is 0.418 e. The molecule has 0 unspecified atom stereocenters. The van der Waals surface area contributed by atoms with Crippen molar-refractivity contribution in [2.45, 2.75) is 25.1 Å². The lowest BCUT2D eigenvalue weighted by molar-refractivity contribution is -0.136. The summed E-state index contributed by atoms with van der Waals surface area (Å²) in [4.78, 5) is 0. The second-order valence-electron chi connectivity index (χ2n) is 4.47. The summed E-state index contributed by atoms with van der Waals surface area (Å²) in [5.74, 6) is 0. The minimum atomic E-state index is -4.41. The van der Waals surface area contributed by atoms with Crippen molar-refractivity contribution in [1.29, 1.82) is 0 Å². The quantitative estimate of drug-likeness (QED) is 0.715. The fourth-order valence-electron chi connectivity index (χ4n) is 2.09. The Labute approximate surface area is 104 Å². The van der Waals surface area contributed by atoms with Crippen LogP contribution >= 0.6 is 0 Å². The number of nitrogens with one attached hydrogen (secondary N) is 2. The molecule has 0 bridgehead atoms. The van der Waals surface area contributed by atoms with Gasteiger partial charge >= 0.3 is 6.18 Å². The van der Waals surface area contributed by atoms with Crippen LogP contribution in [0.4, 0.5) is 24.5 Å². The van der Waals surface area contributed by atoms with Crippen LogP contribution in [0.1, 0.15) is 18.4 Å². The van der Waals surface area contributed by atoms with Crippen LogP contribution in [0.25, 0.3) is 0 Å². The van der Waals surface area contributed by atoms with E-state index in [0.29, 0.717) is 5.69 Å². The zero-order valence-corrected chi connectivity index (χ0v) is 9.85. The van der Waals surface area contributed by atoms with Gasteiger partial charge in [0.2, 0.25) is 0 Å². The van der Waals surface area contributed by atoms with Gasteiger partial charge in [-0.2, -0.15) is 13.2 Å². The lowest BCUT2D eigenvalue weighted by Crippen LogP contribution is -2.35. The van der Waals surface area contributed by atoms with Gasteiger partial charge in [0.1, 0.15) is 0 Å². The van der Waals surface area contributed by atoms with Gasteiger partial charge < -0.3 is 16.4 Å². The molecule has 1 fully saturated rings. The molecule has 0 saturated carbocycles. The highest BCUT2D eigenvalue weighted by Crippen LogP contribution is 2.35. The Morgan fingerprint density at radius 3 is 2.50 bits per heavy atom. The largest absolute Gasteiger partial charge is 0.418 e. The Morgan fingerprint density at radius 1 is 1.22 bits per heavy atom. The van der Waals surface area contributed by atoms with Crippen molar-refractivity contribution in [2.24, 2.45) is 0 Å². The van der Waals surface area contributed by atoms with Crippen LogP contribution < -0.4 is 16.4 Å². The Morgan fingerprint density at radius 2 is 1.89 bits per heavy atom. The molecule has 18 heavy (non-hydrogen) atoms. The van der Waals surface area contributed by atoms with E-state index in [1.807, 2.05) is 0 Å². The SMILES string of the molecule is Nc1ccc(NC2CCNCC2)cc1C(F)(F)F. The topological polar surface area (TPSA) is 50.1 Å². The van der Waals surface area contributed by atoms with E-state index >= 15 is 0 Å². The standard InChI is InChI=1S/C12H16F3N3/c13-12(14,15)10-7-9(1-2-11(10)16)18-8-3-5-17-6-4-8/h1-2,7-8,17-18H,3-6,16H2. The first-order valence-electron chi connectivity index (χ1n) is 5.91. The van der Waals surface area contributed by atoms with Crippen LogP contribution in [0.15, 0.2) is 18.2 Å². The van der Waals surface area contributed by atoms with Crippen LogP contribution in [0, 0.1) is 0 Å². The fraction of sp³-hybridized carbons (Fsp3) is 0.500. The Balaban J connectivity index is 2.14. The molecule has 100 valence electrons. The fourth-order valence-corrected chi connectivity index (χ4v) is 2.09. The highest BCUT2D eigenvalue weighted by molar-refractivity contribution is 5.58. The number of nitrogens with two attached hydrogens (primary N) is 1. The average molecular weight is 259 g/mol. The van der Waals surface area contributed by atoms with Crippen LogP contribution in [-0.2, 0) is 6.18 Å². The van der Waals surface area contributed by atoms with Gasteiger partial charge in [0.05, 0.1) is 5.56 Å². The van der Waals surface area contributed by atoms with E-state index in [2.05, 4.69) is 10.6 Å². The third-order valence-corrected chi connectivity index (χ3v) is 3.07. The van der Waals surface area contributed by atoms with E-state index in [9.17, 15) is 13.2 Å². The van der Waals surface area contributed by atoms with Crippen LogP contribution in [-0.4, -0.2) is 19.1 Å². The first-order valence-corrected chi connectivity index (χ1v) is 5.91. The summed E-state index contributed by atoms with van der Waals surface area (Å²) in [5, 5.41) is 6.33. The Bertz CT molecular complexity index is 412. The highest BCUT2D eigenvalue weighted by atomic mass is 19.4. The monoisotopic (exact) mass is 259 g/mol. The number of nitrogen functional groups attached to an aromatic ring is 1. The molecular weight excluding hydrogens is 243 g/mol. The van der Waals surface area contributed by atoms with Crippen molar-refractivity contribution in [1.82, 2.24) is 5.32 Å². The van der Waals surface area contributed by atoms with Gasteiger partial charge in [-0.25, -0.2) is 0 Å². The second-order valence-corrected chi connectivity index (χ2v) is 4.47. The van der Waals surface area contributed by atoms with E-state index in [1.54, 1.807) is 6.07 Å². The van der Waals surface area contributed by atoms with Crippen LogP contribution in [0.3, 0.4) is 0 Å². The van der Waals surface area contributed by atoms with Crippen molar-refractivity contribution >= 4 is 11.4 Å².